The molecular formula is C23H23NO4. The number of likely N-dealkylation sites (tertiary alicyclic amines) is 1. The van der Waals surface area contributed by atoms with Gasteiger partial charge in [0.15, 0.2) is 0 Å². The maximum absolute atomic E-state index is 12.4. The van der Waals surface area contributed by atoms with E-state index in [0.29, 0.717) is 0 Å². The van der Waals surface area contributed by atoms with Gasteiger partial charge in [-0.2, -0.15) is 0 Å². The molecule has 1 heterocycles. The number of hydrogen-bond donors (Lipinski definition) is 0. The van der Waals surface area contributed by atoms with E-state index in [4.69, 9.17) is 4.74 Å². The van der Waals surface area contributed by atoms with Gasteiger partial charge in [0.05, 0.1) is 11.8 Å². The Morgan fingerprint density at radius 1 is 0.857 bits per heavy atom. The molecule has 2 atom stereocenters. The molecule has 0 radical (unpaired) electrons. The minimum absolute atomic E-state index is 0.122. The van der Waals surface area contributed by atoms with Crippen LogP contribution < -0.4 is 0 Å². The highest BCUT2D eigenvalue weighted by Crippen LogP contribution is 2.37. The molecule has 0 bridgehead atoms. The standard InChI is InChI=1S/C23H23NO4/c25-21(14-24-22(26)19-8-4-5-9-20(19)23(24)27)28-15-16-10-12-18(13-11-16)17-6-2-1-3-7-17/h1-3,6-7,10-13,19-20H,4-5,8-9,14-15H2/t19-,20-/m0/s1. The quantitative estimate of drug-likeness (QED) is 0.590. The SMILES string of the molecule is O=C(CN1C(=O)[C@H]2CCCC[C@@H]2C1=O)OCc1ccc(-c2ccccc2)cc1. The van der Waals surface area contributed by atoms with Gasteiger partial charge in [-0.05, 0) is 29.5 Å². The largest absolute Gasteiger partial charge is 0.459 e. The first kappa shape index (κ1) is 18.4. The molecule has 2 aromatic rings. The summed E-state index contributed by atoms with van der Waals surface area (Å²) in [6.07, 6.45) is 3.43. The molecule has 1 aliphatic carbocycles. The lowest BCUT2D eigenvalue weighted by Crippen LogP contribution is -2.36. The molecule has 2 fully saturated rings. The number of imide groups is 1. The second kappa shape index (κ2) is 7.97. The van der Waals surface area contributed by atoms with E-state index in [1.54, 1.807) is 0 Å². The second-order valence-corrected chi connectivity index (χ2v) is 7.48. The molecule has 1 aliphatic heterocycles. The van der Waals surface area contributed by atoms with Crippen LogP contribution in [-0.4, -0.2) is 29.2 Å². The summed E-state index contributed by atoms with van der Waals surface area (Å²) in [5.74, 6) is -1.44. The molecule has 0 N–H and O–H groups in total. The fourth-order valence-corrected chi connectivity index (χ4v) is 4.15. The Hall–Kier alpha value is -2.95. The van der Waals surface area contributed by atoms with Crippen molar-refractivity contribution < 1.29 is 19.1 Å². The zero-order valence-corrected chi connectivity index (χ0v) is 15.7. The molecule has 144 valence electrons. The van der Waals surface area contributed by atoms with Crippen molar-refractivity contribution in [2.45, 2.75) is 32.3 Å². The first-order chi connectivity index (χ1) is 13.6. The van der Waals surface area contributed by atoms with Crippen LogP contribution in [0.4, 0.5) is 0 Å². The Morgan fingerprint density at radius 2 is 1.43 bits per heavy atom. The normalized spacial score (nSPS) is 21.5. The molecule has 2 aliphatic rings. The van der Waals surface area contributed by atoms with Crippen LogP contribution in [0.25, 0.3) is 11.1 Å². The summed E-state index contributed by atoms with van der Waals surface area (Å²) in [7, 11) is 0. The number of nitrogens with zero attached hydrogens (tertiary/aromatic N) is 1. The van der Waals surface area contributed by atoms with Crippen LogP contribution in [0.3, 0.4) is 0 Å². The van der Waals surface area contributed by atoms with Gasteiger partial charge in [0.25, 0.3) is 0 Å². The van der Waals surface area contributed by atoms with Gasteiger partial charge in [0.1, 0.15) is 13.2 Å². The van der Waals surface area contributed by atoms with Crippen molar-refractivity contribution in [1.29, 1.82) is 0 Å². The molecule has 2 amide bonds. The van der Waals surface area contributed by atoms with Crippen molar-refractivity contribution in [3.8, 4) is 11.1 Å². The molecular weight excluding hydrogens is 354 g/mol. The maximum Gasteiger partial charge on any atom is 0.326 e. The van der Waals surface area contributed by atoms with E-state index in [-0.39, 0.29) is 36.8 Å². The lowest BCUT2D eigenvalue weighted by Gasteiger charge is -2.19. The van der Waals surface area contributed by atoms with E-state index in [0.717, 1.165) is 47.3 Å². The van der Waals surface area contributed by atoms with E-state index in [9.17, 15) is 14.4 Å². The molecule has 4 rings (SSSR count). The van der Waals surface area contributed by atoms with Gasteiger partial charge in [-0.1, -0.05) is 67.4 Å². The summed E-state index contributed by atoms with van der Waals surface area (Å²) in [4.78, 5) is 38.1. The van der Waals surface area contributed by atoms with Crippen molar-refractivity contribution in [1.82, 2.24) is 4.90 Å². The van der Waals surface area contributed by atoms with Gasteiger partial charge in [0, 0.05) is 0 Å². The number of carbonyl (C=O) groups is 3. The zero-order valence-electron chi connectivity index (χ0n) is 15.7. The maximum atomic E-state index is 12.4. The van der Waals surface area contributed by atoms with Crippen molar-refractivity contribution >= 4 is 17.8 Å². The van der Waals surface area contributed by atoms with Crippen LogP contribution in [0.5, 0.6) is 0 Å². The highest BCUT2D eigenvalue weighted by Gasteiger charge is 2.48. The second-order valence-electron chi connectivity index (χ2n) is 7.48. The highest BCUT2D eigenvalue weighted by molar-refractivity contribution is 6.07. The van der Waals surface area contributed by atoms with E-state index < -0.39 is 5.97 Å². The van der Waals surface area contributed by atoms with E-state index in [1.807, 2.05) is 54.6 Å². The fraction of sp³-hybridized carbons (Fsp3) is 0.348. The number of benzene rings is 2. The van der Waals surface area contributed by atoms with Crippen molar-refractivity contribution in [3.63, 3.8) is 0 Å². The number of ether oxygens (including phenoxy) is 1. The molecule has 0 unspecified atom stereocenters. The predicted molar refractivity (Wildman–Crippen MR) is 104 cm³/mol. The van der Waals surface area contributed by atoms with Crippen molar-refractivity contribution in [2.24, 2.45) is 11.8 Å². The summed E-state index contributed by atoms with van der Waals surface area (Å²) in [5, 5.41) is 0. The number of hydrogen-bond acceptors (Lipinski definition) is 4. The van der Waals surface area contributed by atoms with E-state index in [1.165, 1.54) is 0 Å². The van der Waals surface area contributed by atoms with Gasteiger partial charge in [-0.3, -0.25) is 19.3 Å². The average molecular weight is 377 g/mol. The Morgan fingerprint density at radius 3 is 2.04 bits per heavy atom. The summed E-state index contributed by atoms with van der Waals surface area (Å²) in [6.45, 7) is -0.163. The molecule has 0 aromatic heterocycles. The third-order valence-corrected chi connectivity index (χ3v) is 5.68. The molecule has 1 saturated carbocycles. The molecule has 5 heteroatoms. The smallest absolute Gasteiger partial charge is 0.326 e. The number of esters is 1. The van der Waals surface area contributed by atoms with Crippen LogP contribution in [0, 0.1) is 11.8 Å². The number of rotatable bonds is 5. The van der Waals surface area contributed by atoms with Gasteiger partial charge in [0.2, 0.25) is 11.8 Å². The highest BCUT2D eigenvalue weighted by atomic mass is 16.5. The minimum Gasteiger partial charge on any atom is -0.459 e. The lowest BCUT2D eigenvalue weighted by atomic mass is 9.81. The van der Waals surface area contributed by atoms with Crippen LogP contribution >= 0.6 is 0 Å². The lowest BCUT2D eigenvalue weighted by molar-refractivity contribution is -0.153. The average Bonchev–Trinajstić information content (AvgIpc) is 2.98. The number of amides is 2. The first-order valence-corrected chi connectivity index (χ1v) is 9.78. The summed E-state index contributed by atoms with van der Waals surface area (Å²) < 4.78 is 5.30. The molecule has 0 spiro atoms. The minimum atomic E-state index is -0.549. The molecule has 1 saturated heterocycles. The Kier molecular flexibility index (Phi) is 5.24. The third kappa shape index (κ3) is 3.70. The molecule has 28 heavy (non-hydrogen) atoms. The number of carbonyl (C=O) groups excluding carboxylic acids is 3. The monoisotopic (exact) mass is 377 g/mol. The Labute approximate surface area is 164 Å². The van der Waals surface area contributed by atoms with Gasteiger partial charge in [-0.25, -0.2) is 0 Å². The summed E-state index contributed by atoms with van der Waals surface area (Å²) in [5.41, 5.74) is 3.07. The van der Waals surface area contributed by atoms with E-state index in [2.05, 4.69) is 0 Å². The van der Waals surface area contributed by atoms with Gasteiger partial charge in [-0.15, -0.1) is 0 Å². The Balaban J connectivity index is 1.32. The Bertz CT molecular complexity index is 851. The number of fused-ring (bicyclic) bond motifs is 1. The molecule has 5 nitrogen and oxygen atoms in total. The first-order valence-electron chi connectivity index (χ1n) is 9.78. The zero-order chi connectivity index (χ0) is 19.5. The van der Waals surface area contributed by atoms with Crippen LogP contribution in [-0.2, 0) is 25.7 Å². The van der Waals surface area contributed by atoms with Crippen LogP contribution in [0.2, 0.25) is 0 Å². The predicted octanol–water partition coefficient (Wildman–Crippen LogP) is 3.57. The van der Waals surface area contributed by atoms with Crippen molar-refractivity contribution in [2.75, 3.05) is 6.54 Å². The van der Waals surface area contributed by atoms with Crippen LogP contribution in [0.15, 0.2) is 54.6 Å². The fourth-order valence-electron chi connectivity index (χ4n) is 4.15. The molecule has 2 aromatic carbocycles. The third-order valence-electron chi connectivity index (χ3n) is 5.68. The summed E-state index contributed by atoms with van der Waals surface area (Å²) in [6, 6.07) is 17.8. The van der Waals surface area contributed by atoms with Crippen molar-refractivity contribution in [3.05, 3.63) is 60.2 Å². The van der Waals surface area contributed by atoms with E-state index >= 15 is 0 Å². The summed E-state index contributed by atoms with van der Waals surface area (Å²) >= 11 is 0. The topological polar surface area (TPSA) is 63.7 Å². The van der Waals surface area contributed by atoms with Gasteiger partial charge < -0.3 is 4.74 Å². The van der Waals surface area contributed by atoms with Crippen LogP contribution in [0.1, 0.15) is 31.2 Å². The van der Waals surface area contributed by atoms with Gasteiger partial charge >= 0.3 is 5.97 Å².